The topological polar surface area (TPSA) is 164 Å². The first-order valence-electron chi connectivity index (χ1n) is 9.46. The van der Waals surface area contributed by atoms with Gasteiger partial charge in [0, 0.05) is 6.61 Å². The van der Waals surface area contributed by atoms with Gasteiger partial charge in [0.15, 0.2) is 12.6 Å². The Morgan fingerprint density at radius 2 is 1.37 bits per heavy atom. The Bertz CT molecular complexity index is 443. The number of ether oxygens (including phenoxy) is 4. The van der Waals surface area contributed by atoms with Crippen molar-refractivity contribution in [2.75, 3.05) is 13.2 Å². The second-order valence-electron chi connectivity index (χ2n) is 7.19. The largest absolute Gasteiger partial charge is 0.388 e. The van der Waals surface area contributed by atoms with Crippen LogP contribution in [-0.2, 0) is 18.9 Å². The quantitative estimate of drug-likeness (QED) is 0.249. The van der Waals surface area contributed by atoms with Crippen LogP contribution in [0.2, 0.25) is 0 Å². The average molecular weight is 395 g/mol. The highest BCUT2D eigenvalue weighted by Crippen LogP contribution is 2.29. The molecule has 0 amide bonds. The zero-order valence-electron chi connectivity index (χ0n) is 15.8. The molecule has 2 saturated heterocycles. The summed E-state index contributed by atoms with van der Waals surface area (Å²) in [6.07, 6.45) is -9.31. The Hall–Kier alpha value is -0.400. The Balaban J connectivity index is 1.96. The molecule has 0 aliphatic carbocycles. The fourth-order valence-corrected chi connectivity index (χ4v) is 3.20. The molecule has 7 N–H and O–H groups in total. The molecule has 10 atom stereocenters. The molecule has 0 aromatic carbocycles. The lowest BCUT2D eigenvalue weighted by Crippen LogP contribution is -2.63. The van der Waals surface area contributed by atoms with Gasteiger partial charge in [-0.15, -0.1) is 0 Å². The summed E-state index contributed by atoms with van der Waals surface area (Å²) in [5.41, 5.74) is 5.44. The van der Waals surface area contributed by atoms with Crippen LogP contribution in [0.25, 0.3) is 0 Å². The summed E-state index contributed by atoms with van der Waals surface area (Å²) in [6.45, 7) is 4.08. The van der Waals surface area contributed by atoms with E-state index < -0.39 is 61.4 Å². The highest BCUT2D eigenvalue weighted by Gasteiger charge is 2.49. The molecule has 0 radical (unpaired) electrons. The first kappa shape index (κ1) is 22.9. The standard InChI is InChI=1S/C17H33NO9/c1-8-10(19)12(21)13(22)17(26-8)27-15-11(20)9(2)25-16(14(15)23)24-7-5-3-4-6-18/h8-17,19-23H,3-7,18H2,1-2H3/t8-,9-,10-,11-,12+,13+,14+,15+,16+,17-/m0/s1. The van der Waals surface area contributed by atoms with E-state index in [0.717, 1.165) is 19.3 Å². The van der Waals surface area contributed by atoms with E-state index in [9.17, 15) is 25.5 Å². The van der Waals surface area contributed by atoms with Gasteiger partial charge in [-0.25, -0.2) is 0 Å². The van der Waals surface area contributed by atoms with Crippen molar-refractivity contribution in [2.24, 2.45) is 5.73 Å². The second-order valence-corrected chi connectivity index (χ2v) is 7.19. The van der Waals surface area contributed by atoms with Crippen molar-refractivity contribution in [1.29, 1.82) is 0 Å². The minimum absolute atomic E-state index is 0.349. The zero-order valence-corrected chi connectivity index (χ0v) is 15.8. The smallest absolute Gasteiger partial charge is 0.187 e. The highest BCUT2D eigenvalue weighted by molar-refractivity contribution is 4.92. The number of aliphatic hydroxyl groups is 5. The molecule has 0 saturated carbocycles. The van der Waals surface area contributed by atoms with E-state index in [-0.39, 0.29) is 0 Å². The van der Waals surface area contributed by atoms with Gasteiger partial charge < -0.3 is 50.2 Å². The van der Waals surface area contributed by atoms with Crippen molar-refractivity contribution in [3.8, 4) is 0 Å². The van der Waals surface area contributed by atoms with Gasteiger partial charge in [-0.1, -0.05) is 0 Å². The van der Waals surface area contributed by atoms with Crippen molar-refractivity contribution >= 4 is 0 Å². The van der Waals surface area contributed by atoms with Crippen LogP contribution in [0.5, 0.6) is 0 Å². The molecule has 27 heavy (non-hydrogen) atoms. The van der Waals surface area contributed by atoms with Crippen LogP contribution < -0.4 is 5.73 Å². The molecule has 10 heteroatoms. The molecule has 160 valence electrons. The van der Waals surface area contributed by atoms with Crippen molar-refractivity contribution in [1.82, 2.24) is 0 Å². The Labute approximate surface area is 158 Å². The maximum atomic E-state index is 10.5. The molecule has 2 fully saturated rings. The van der Waals surface area contributed by atoms with Crippen LogP contribution in [-0.4, -0.2) is 100 Å². The van der Waals surface area contributed by atoms with E-state index in [2.05, 4.69) is 0 Å². The number of unbranched alkanes of at least 4 members (excludes halogenated alkanes) is 2. The predicted octanol–water partition coefficient (Wildman–Crippen LogP) is -2.19. The molecule has 10 nitrogen and oxygen atoms in total. The summed E-state index contributed by atoms with van der Waals surface area (Å²) < 4.78 is 22.0. The molecule has 0 aromatic heterocycles. The van der Waals surface area contributed by atoms with Crippen molar-refractivity contribution in [2.45, 2.75) is 94.5 Å². The lowest BCUT2D eigenvalue weighted by molar-refractivity contribution is -0.354. The molecule has 0 spiro atoms. The third-order valence-electron chi connectivity index (χ3n) is 5.01. The third kappa shape index (κ3) is 5.57. The monoisotopic (exact) mass is 395 g/mol. The summed E-state index contributed by atoms with van der Waals surface area (Å²) in [7, 11) is 0. The van der Waals surface area contributed by atoms with Gasteiger partial charge in [-0.05, 0) is 39.7 Å². The second kappa shape index (κ2) is 10.4. The molecular formula is C17H33NO9. The molecule has 2 aliphatic rings. The number of hydrogen-bond donors (Lipinski definition) is 6. The molecule has 2 rings (SSSR count). The number of aliphatic hydroxyl groups excluding tert-OH is 5. The normalized spacial score (nSPS) is 45.8. The van der Waals surface area contributed by atoms with Gasteiger partial charge >= 0.3 is 0 Å². The van der Waals surface area contributed by atoms with Crippen molar-refractivity contribution in [3.63, 3.8) is 0 Å². The fourth-order valence-electron chi connectivity index (χ4n) is 3.20. The van der Waals surface area contributed by atoms with E-state index in [1.807, 2.05) is 0 Å². The van der Waals surface area contributed by atoms with Gasteiger partial charge in [0.1, 0.15) is 36.6 Å². The van der Waals surface area contributed by atoms with Crippen LogP contribution in [0.1, 0.15) is 33.1 Å². The summed E-state index contributed by atoms with van der Waals surface area (Å²) in [5.74, 6) is 0. The fraction of sp³-hybridized carbons (Fsp3) is 1.00. The minimum Gasteiger partial charge on any atom is -0.388 e. The van der Waals surface area contributed by atoms with Crippen LogP contribution in [0, 0.1) is 0 Å². The van der Waals surface area contributed by atoms with E-state index >= 15 is 0 Å². The molecule has 0 bridgehead atoms. The minimum atomic E-state index is -1.54. The lowest BCUT2D eigenvalue weighted by Gasteiger charge is -2.45. The van der Waals surface area contributed by atoms with Crippen molar-refractivity contribution < 1.29 is 44.5 Å². The zero-order chi connectivity index (χ0) is 20.1. The molecular weight excluding hydrogens is 362 g/mol. The summed E-state index contributed by atoms with van der Waals surface area (Å²) in [5, 5.41) is 50.6. The Morgan fingerprint density at radius 3 is 2.04 bits per heavy atom. The third-order valence-corrected chi connectivity index (χ3v) is 5.01. The maximum Gasteiger partial charge on any atom is 0.187 e. The van der Waals surface area contributed by atoms with Crippen LogP contribution in [0.3, 0.4) is 0 Å². The van der Waals surface area contributed by atoms with Gasteiger partial charge in [0.05, 0.1) is 12.2 Å². The van der Waals surface area contributed by atoms with Crippen LogP contribution in [0.4, 0.5) is 0 Å². The molecule has 2 aliphatic heterocycles. The van der Waals surface area contributed by atoms with Gasteiger partial charge in [0.25, 0.3) is 0 Å². The van der Waals surface area contributed by atoms with Gasteiger partial charge in [-0.2, -0.15) is 0 Å². The van der Waals surface area contributed by atoms with Crippen LogP contribution >= 0.6 is 0 Å². The predicted molar refractivity (Wildman–Crippen MR) is 92.4 cm³/mol. The number of hydrogen-bond acceptors (Lipinski definition) is 10. The Morgan fingerprint density at radius 1 is 0.741 bits per heavy atom. The van der Waals surface area contributed by atoms with Gasteiger partial charge in [0.2, 0.25) is 0 Å². The summed E-state index contributed by atoms with van der Waals surface area (Å²) >= 11 is 0. The number of rotatable bonds is 8. The molecule has 2 heterocycles. The van der Waals surface area contributed by atoms with Gasteiger partial charge in [-0.3, -0.25) is 0 Å². The highest BCUT2D eigenvalue weighted by atomic mass is 16.7. The lowest BCUT2D eigenvalue weighted by atomic mass is 9.97. The average Bonchev–Trinajstić information content (AvgIpc) is 2.64. The van der Waals surface area contributed by atoms with E-state index in [4.69, 9.17) is 24.7 Å². The molecule has 0 unspecified atom stereocenters. The maximum absolute atomic E-state index is 10.5. The summed E-state index contributed by atoms with van der Waals surface area (Å²) in [4.78, 5) is 0. The first-order valence-corrected chi connectivity index (χ1v) is 9.46. The van der Waals surface area contributed by atoms with E-state index in [1.165, 1.54) is 6.92 Å². The molecule has 0 aromatic rings. The number of nitrogens with two attached hydrogens (primary N) is 1. The van der Waals surface area contributed by atoms with Crippen molar-refractivity contribution in [3.05, 3.63) is 0 Å². The van der Waals surface area contributed by atoms with E-state index in [0.29, 0.717) is 13.2 Å². The first-order chi connectivity index (χ1) is 12.8. The Kier molecular flexibility index (Phi) is 8.81. The summed E-state index contributed by atoms with van der Waals surface area (Å²) in [6, 6.07) is 0. The van der Waals surface area contributed by atoms with Crippen LogP contribution in [0.15, 0.2) is 0 Å². The van der Waals surface area contributed by atoms with E-state index in [1.54, 1.807) is 6.92 Å². The SMILES string of the molecule is C[C@@H]1O[C@@H](O[C@@H]2[C@@H](O)[C@H](C)O[C@@H](OCCCCCN)[C@@H]2O)[C@H](O)[C@H](O)[C@H]1O.